The first kappa shape index (κ1) is 19.1. The average molecular weight is 380 g/mol. The van der Waals surface area contributed by atoms with Gasteiger partial charge in [0.25, 0.3) is 0 Å². The highest BCUT2D eigenvalue weighted by Gasteiger charge is 2.07. The SMILES string of the molecule is COc1cc(/C=N/c2cc(Cl)c(/N=C\N(C)C)c(Cl)c2)cc(OC)c1. The number of methoxy groups -OCH3 is 2. The van der Waals surface area contributed by atoms with Gasteiger partial charge < -0.3 is 14.4 Å². The number of benzene rings is 2. The molecule has 5 nitrogen and oxygen atoms in total. The maximum atomic E-state index is 6.26. The van der Waals surface area contributed by atoms with E-state index < -0.39 is 0 Å². The summed E-state index contributed by atoms with van der Waals surface area (Å²) in [7, 11) is 6.93. The largest absolute Gasteiger partial charge is 0.497 e. The van der Waals surface area contributed by atoms with E-state index in [4.69, 9.17) is 32.7 Å². The molecular weight excluding hydrogens is 361 g/mol. The zero-order valence-corrected chi connectivity index (χ0v) is 16.0. The van der Waals surface area contributed by atoms with E-state index in [1.807, 2.05) is 26.2 Å². The average Bonchev–Trinajstić information content (AvgIpc) is 2.58. The zero-order chi connectivity index (χ0) is 18.4. The van der Waals surface area contributed by atoms with Gasteiger partial charge in [0.2, 0.25) is 0 Å². The van der Waals surface area contributed by atoms with Crippen LogP contribution in [0.3, 0.4) is 0 Å². The minimum atomic E-state index is 0.431. The van der Waals surface area contributed by atoms with E-state index in [-0.39, 0.29) is 0 Å². The van der Waals surface area contributed by atoms with Gasteiger partial charge >= 0.3 is 0 Å². The summed E-state index contributed by atoms with van der Waals surface area (Å²) in [6.45, 7) is 0. The monoisotopic (exact) mass is 379 g/mol. The van der Waals surface area contributed by atoms with E-state index in [2.05, 4.69) is 9.98 Å². The van der Waals surface area contributed by atoms with E-state index in [1.54, 1.807) is 49.9 Å². The number of ether oxygens (including phenoxy) is 2. The normalized spacial score (nSPS) is 11.3. The van der Waals surface area contributed by atoms with Crippen LogP contribution in [0.5, 0.6) is 11.5 Å². The van der Waals surface area contributed by atoms with Crippen LogP contribution in [0.15, 0.2) is 40.3 Å². The van der Waals surface area contributed by atoms with E-state index in [0.717, 1.165) is 5.56 Å². The molecule has 0 radical (unpaired) electrons. The second kappa shape index (κ2) is 8.74. The van der Waals surface area contributed by atoms with Gasteiger partial charge in [-0.3, -0.25) is 4.99 Å². The van der Waals surface area contributed by atoms with Gasteiger partial charge in [-0.05, 0) is 24.3 Å². The Morgan fingerprint density at radius 2 is 1.44 bits per heavy atom. The maximum absolute atomic E-state index is 6.26. The van der Waals surface area contributed by atoms with Crippen LogP contribution in [0.2, 0.25) is 10.0 Å². The van der Waals surface area contributed by atoms with Crippen molar-refractivity contribution in [2.45, 2.75) is 0 Å². The van der Waals surface area contributed by atoms with Crippen LogP contribution >= 0.6 is 23.2 Å². The highest BCUT2D eigenvalue weighted by atomic mass is 35.5. The van der Waals surface area contributed by atoms with Crippen molar-refractivity contribution in [1.82, 2.24) is 4.90 Å². The van der Waals surface area contributed by atoms with Crippen molar-refractivity contribution in [3.63, 3.8) is 0 Å². The maximum Gasteiger partial charge on any atom is 0.123 e. The molecule has 0 saturated carbocycles. The Balaban J connectivity index is 2.30. The molecule has 7 heteroatoms. The molecule has 132 valence electrons. The number of halogens is 2. The third-order valence-electron chi connectivity index (χ3n) is 3.16. The Morgan fingerprint density at radius 3 is 1.92 bits per heavy atom. The van der Waals surface area contributed by atoms with Gasteiger partial charge in [0, 0.05) is 31.9 Å². The lowest BCUT2D eigenvalue weighted by Gasteiger charge is -2.07. The van der Waals surface area contributed by atoms with Crippen LogP contribution in [0.1, 0.15) is 5.56 Å². The standard InChI is InChI=1S/C18H19Cl2N3O2/c1-23(2)11-22-18-16(19)7-13(8-17(18)20)21-10-12-5-14(24-3)9-15(6-12)25-4/h5-11H,1-4H3/b21-10+,22-11-. The topological polar surface area (TPSA) is 46.4 Å². The first-order valence-electron chi connectivity index (χ1n) is 7.39. The Hall–Kier alpha value is -2.24. The first-order valence-corrected chi connectivity index (χ1v) is 8.15. The number of hydrogen-bond donors (Lipinski definition) is 0. The fourth-order valence-electron chi connectivity index (χ4n) is 1.98. The van der Waals surface area contributed by atoms with E-state index in [1.165, 1.54) is 0 Å². The van der Waals surface area contributed by atoms with Gasteiger partial charge in [0.1, 0.15) is 17.2 Å². The Labute approximate surface area is 157 Å². The van der Waals surface area contributed by atoms with Crippen molar-refractivity contribution in [3.8, 4) is 11.5 Å². The summed E-state index contributed by atoms with van der Waals surface area (Å²) >= 11 is 12.5. The lowest BCUT2D eigenvalue weighted by molar-refractivity contribution is 0.394. The molecular formula is C18H19Cl2N3O2. The quantitative estimate of drug-likeness (QED) is 0.524. The number of nitrogens with zero attached hydrogens (tertiary/aromatic N) is 3. The summed E-state index contributed by atoms with van der Waals surface area (Å²) in [6, 6.07) is 8.92. The lowest BCUT2D eigenvalue weighted by Crippen LogP contribution is -2.07. The molecule has 0 N–H and O–H groups in total. The van der Waals surface area contributed by atoms with Gasteiger partial charge in [-0.25, -0.2) is 4.99 Å². The molecule has 25 heavy (non-hydrogen) atoms. The summed E-state index contributed by atoms with van der Waals surface area (Å²) in [5, 5.41) is 0.863. The van der Waals surface area contributed by atoms with Crippen LogP contribution < -0.4 is 9.47 Å². The van der Waals surface area contributed by atoms with Crippen LogP contribution in [0.4, 0.5) is 11.4 Å². The first-order chi connectivity index (χ1) is 11.9. The molecule has 0 bridgehead atoms. The summed E-state index contributed by atoms with van der Waals surface area (Å²) in [6.07, 6.45) is 3.33. The van der Waals surface area contributed by atoms with Crippen LogP contribution in [0.25, 0.3) is 0 Å². The molecule has 0 spiro atoms. The molecule has 0 aliphatic rings. The molecule has 0 heterocycles. The number of rotatable bonds is 6. The summed E-state index contributed by atoms with van der Waals surface area (Å²) < 4.78 is 10.5. The fraction of sp³-hybridized carbons (Fsp3) is 0.222. The minimum Gasteiger partial charge on any atom is -0.497 e. The molecule has 2 rings (SSSR count). The van der Waals surface area contributed by atoms with Crippen LogP contribution in [-0.2, 0) is 0 Å². The van der Waals surface area contributed by atoms with Crippen molar-refractivity contribution in [2.75, 3.05) is 28.3 Å². The van der Waals surface area contributed by atoms with Crippen molar-refractivity contribution >= 4 is 47.1 Å². The second-order valence-electron chi connectivity index (χ2n) is 5.37. The van der Waals surface area contributed by atoms with Gasteiger partial charge in [-0.2, -0.15) is 0 Å². The molecule has 2 aromatic rings. The Morgan fingerprint density at radius 1 is 0.880 bits per heavy atom. The number of aliphatic imine (C=N–C) groups is 2. The van der Waals surface area contributed by atoms with Gasteiger partial charge in [-0.15, -0.1) is 0 Å². The lowest BCUT2D eigenvalue weighted by atomic mass is 10.2. The minimum absolute atomic E-state index is 0.431. The number of hydrogen-bond acceptors (Lipinski definition) is 4. The molecule has 0 fully saturated rings. The molecule has 0 unspecified atom stereocenters. The smallest absolute Gasteiger partial charge is 0.123 e. The third-order valence-corrected chi connectivity index (χ3v) is 3.73. The van der Waals surface area contributed by atoms with Crippen molar-refractivity contribution < 1.29 is 9.47 Å². The Bertz CT molecular complexity index is 760. The molecule has 2 aromatic carbocycles. The van der Waals surface area contributed by atoms with Gasteiger partial charge in [0.05, 0.1) is 36.3 Å². The third kappa shape index (κ3) is 5.37. The van der Waals surface area contributed by atoms with Crippen molar-refractivity contribution in [3.05, 3.63) is 45.9 Å². The van der Waals surface area contributed by atoms with E-state index in [0.29, 0.717) is 32.9 Å². The van der Waals surface area contributed by atoms with Crippen molar-refractivity contribution in [2.24, 2.45) is 9.98 Å². The summed E-state index contributed by atoms with van der Waals surface area (Å²) in [5.41, 5.74) is 1.97. The van der Waals surface area contributed by atoms with Crippen LogP contribution in [0, 0.1) is 0 Å². The molecule has 0 amide bonds. The van der Waals surface area contributed by atoms with Gasteiger partial charge in [-0.1, -0.05) is 23.2 Å². The Kier molecular flexibility index (Phi) is 6.67. The molecule has 0 saturated heterocycles. The summed E-state index contributed by atoms with van der Waals surface area (Å²) in [4.78, 5) is 10.5. The predicted molar refractivity (Wildman–Crippen MR) is 105 cm³/mol. The van der Waals surface area contributed by atoms with E-state index in [9.17, 15) is 0 Å². The second-order valence-corrected chi connectivity index (χ2v) is 6.18. The predicted octanol–water partition coefficient (Wildman–Crippen LogP) is 4.98. The molecule has 0 aliphatic carbocycles. The highest BCUT2D eigenvalue weighted by Crippen LogP contribution is 2.37. The van der Waals surface area contributed by atoms with E-state index >= 15 is 0 Å². The van der Waals surface area contributed by atoms with Gasteiger partial charge in [0.15, 0.2) is 0 Å². The molecule has 0 atom stereocenters. The highest BCUT2D eigenvalue weighted by molar-refractivity contribution is 6.39. The van der Waals surface area contributed by atoms with Crippen LogP contribution in [-0.4, -0.2) is 45.8 Å². The summed E-state index contributed by atoms with van der Waals surface area (Å²) in [5.74, 6) is 1.37. The van der Waals surface area contributed by atoms with Crippen molar-refractivity contribution in [1.29, 1.82) is 0 Å². The molecule has 0 aromatic heterocycles. The molecule has 0 aliphatic heterocycles. The fourth-order valence-corrected chi connectivity index (χ4v) is 2.55. The zero-order valence-electron chi connectivity index (χ0n) is 14.5.